The lowest BCUT2D eigenvalue weighted by atomic mass is 10.2. The monoisotopic (exact) mass is 428 g/mol. The Labute approximate surface area is 166 Å². The lowest BCUT2D eigenvalue weighted by Crippen LogP contribution is -2.39. The van der Waals surface area contributed by atoms with Gasteiger partial charge in [-0.25, -0.2) is 8.42 Å². The first-order valence-electron chi connectivity index (χ1n) is 8.57. The van der Waals surface area contributed by atoms with E-state index in [9.17, 15) is 31.2 Å². The summed E-state index contributed by atoms with van der Waals surface area (Å²) in [4.78, 5) is 24.4. The van der Waals surface area contributed by atoms with Crippen LogP contribution in [0.4, 0.5) is 24.5 Å². The molecule has 0 heterocycles. The summed E-state index contributed by atoms with van der Waals surface area (Å²) in [6, 6.07) is 12.0. The van der Waals surface area contributed by atoms with Crippen molar-refractivity contribution in [3.05, 3.63) is 60.2 Å². The Kier molecular flexibility index (Phi) is 7.02. The van der Waals surface area contributed by atoms with Gasteiger partial charge in [-0.2, -0.15) is 13.2 Å². The summed E-state index contributed by atoms with van der Waals surface area (Å²) in [6.45, 7) is 1.43. The van der Waals surface area contributed by atoms with Crippen LogP contribution < -0.4 is 10.6 Å². The zero-order valence-corrected chi connectivity index (χ0v) is 16.2. The highest BCUT2D eigenvalue weighted by Gasteiger charge is 2.34. The molecule has 10 heteroatoms. The highest BCUT2D eigenvalue weighted by Crippen LogP contribution is 2.30. The predicted octanol–water partition coefficient (Wildman–Crippen LogP) is 3.48. The molecule has 1 unspecified atom stereocenters. The Balaban J connectivity index is 2.10. The number of anilines is 2. The first-order chi connectivity index (χ1) is 13.5. The van der Waals surface area contributed by atoms with E-state index in [0.717, 1.165) is 12.1 Å². The first kappa shape index (κ1) is 22.4. The van der Waals surface area contributed by atoms with Crippen LogP contribution in [0.25, 0.3) is 0 Å². The number of amides is 2. The summed E-state index contributed by atoms with van der Waals surface area (Å²) in [7, 11) is -4.20. The average Bonchev–Trinajstić information content (AvgIpc) is 2.61. The van der Waals surface area contributed by atoms with Gasteiger partial charge in [-0.05, 0) is 36.8 Å². The van der Waals surface area contributed by atoms with E-state index in [1.807, 2.05) is 0 Å². The predicted molar refractivity (Wildman–Crippen MR) is 103 cm³/mol. The van der Waals surface area contributed by atoms with E-state index in [-0.39, 0.29) is 12.1 Å². The number of sulfone groups is 1. The minimum absolute atomic E-state index is 0.147. The fraction of sp³-hybridized carbons (Fsp3) is 0.263. The molecule has 0 spiro atoms. The molecule has 2 rings (SSSR count). The minimum atomic E-state index is -4.60. The fourth-order valence-electron chi connectivity index (χ4n) is 2.60. The third-order valence-corrected chi connectivity index (χ3v) is 6.02. The number of rotatable bonds is 7. The van der Waals surface area contributed by atoms with Crippen molar-refractivity contribution in [3.8, 4) is 0 Å². The molecule has 2 amide bonds. The SMILES string of the molecule is CCC(C(=O)Nc1cccc(C(F)(F)F)c1)S(=O)(=O)CC(=O)Nc1ccccc1. The van der Waals surface area contributed by atoms with Crippen LogP contribution in [0, 0.1) is 0 Å². The molecule has 0 saturated carbocycles. The number of hydrogen-bond donors (Lipinski definition) is 2. The average molecular weight is 428 g/mol. The maximum Gasteiger partial charge on any atom is 0.416 e. The van der Waals surface area contributed by atoms with Gasteiger partial charge in [0.25, 0.3) is 0 Å². The molecule has 6 nitrogen and oxygen atoms in total. The van der Waals surface area contributed by atoms with Crippen molar-refractivity contribution in [1.29, 1.82) is 0 Å². The molecule has 1 atom stereocenters. The van der Waals surface area contributed by atoms with E-state index in [0.29, 0.717) is 11.8 Å². The standard InChI is InChI=1S/C19H19F3N2O4S/c1-2-16(18(26)24-15-10-6-7-13(11-15)19(20,21)22)29(27,28)12-17(25)23-14-8-4-3-5-9-14/h3-11,16H,2,12H2,1H3,(H,23,25)(H,24,26). The van der Waals surface area contributed by atoms with Gasteiger partial charge < -0.3 is 10.6 Å². The molecule has 156 valence electrons. The molecular weight excluding hydrogens is 409 g/mol. The Morgan fingerprint density at radius 1 is 0.966 bits per heavy atom. The Hall–Kier alpha value is -2.88. The van der Waals surface area contributed by atoms with Crippen LogP contribution in [0.2, 0.25) is 0 Å². The van der Waals surface area contributed by atoms with Crippen molar-refractivity contribution >= 4 is 33.0 Å². The van der Waals surface area contributed by atoms with Crippen LogP contribution in [0.1, 0.15) is 18.9 Å². The number of hydrogen-bond acceptors (Lipinski definition) is 4. The number of para-hydroxylation sites is 1. The van der Waals surface area contributed by atoms with Crippen molar-refractivity contribution in [2.24, 2.45) is 0 Å². The number of alkyl halides is 3. The van der Waals surface area contributed by atoms with Gasteiger partial charge >= 0.3 is 6.18 Å². The molecule has 2 N–H and O–H groups in total. The summed E-state index contributed by atoms with van der Waals surface area (Å²) < 4.78 is 63.4. The van der Waals surface area contributed by atoms with Gasteiger partial charge in [0, 0.05) is 11.4 Å². The summed E-state index contributed by atoms with van der Waals surface area (Å²) >= 11 is 0. The molecule has 0 radical (unpaired) electrons. The summed E-state index contributed by atoms with van der Waals surface area (Å²) in [5.41, 5.74) is -0.769. The van der Waals surface area contributed by atoms with Gasteiger partial charge in [-0.3, -0.25) is 9.59 Å². The largest absolute Gasteiger partial charge is 0.416 e. The minimum Gasteiger partial charge on any atom is -0.325 e. The molecule has 2 aromatic rings. The van der Waals surface area contributed by atoms with E-state index in [1.165, 1.54) is 13.0 Å². The molecule has 0 bridgehead atoms. The molecular formula is C19H19F3N2O4S. The second-order valence-corrected chi connectivity index (χ2v) is 8.37. The number of carbonyl (C=O) groups is 2. The van der Waals surface area contributed by atoms with E-state index in [2.05, 4.69) is 10.6 Å². The summed E-state index contributed by atoms with van der Waals surface area (Å²) in [5.74, 6) is -2.75. The maximum atomic E-state index is 12.8. The number of halogens is 3. The van der Waals surface area contributed by atoms with Crippen LogP contribution in [-0.4, -0.2) is 31.2 Å². The first-order valence-corrected chi connectivity index (χ1v) is 10.3. The number of nitrogens with one attached hydrogen (secondary N) is 2. The van der Waals surface area contributed by atoms with Crippen LogP contribution in [0.5, 0.6) is 0 Å². The smallest absolute Gasteiger partial charge is 0.325 e. The Morgan fingerprint density at radius 3 is 2.17 bits per heavy atom. The van der Waals surface area contributed by atoms with E-state index < -0.39 is 44.4 Å². The van der Waals surface area contributed by atoms with Gasteiger partial charge in [0.2, 0.25) is 11.8 Å². The lowest BCUT2D eigenvalue weighted by Gasteiger charge is -2.16. The van der Waals surface area contributed by atoms with Crippen molar-refractivity contribution < 1.29 is 31.2 Å². The van der Waals surface area contributed by atoms with Gasteiger partial charge in [0.05, 0.1) is 5.56 Å². The normalized spacial score (nSPS) is 12.8. The molecule has 0 aliphatic heterocycles. The molecule has 0 aliphatic carbocycles. The zero-order valence-electron chi connectivity index (χ0n) is 15.4. The van der Waals surface area contributed by atoms with Gasteiger partial charge in [0.15, 0.2) is 9.84 Å². The van der Waals surface area contributed by atoms with Crippen molar-refractivity contribution in [2.75, 3.05) is 16.4 Å². The van der Waals surface area contributed by atoms with Crippen molar-refractivity contribution in [2.45, 2.75) is 24.8 Å². The van der Waals surface area contributed by atoms with Crippen molar-refractivity contribution in [1.82, 2.24) is 0 Å². The Bertz CT molecular complexity index is 976. The second-order valence-electron chi connectivity index (χ2n) is 6.19. The van der Waals surface area contributed by atoms with E-state index >= 15 is 0 Å². The third-order valence-electron chi connectivity index (χ3n) is 3.94. The van der Waals surface area contributed by atoms with E-state index in [4.69, 9.17) is 0 Å². The molecule has 0 fully saturated rings. The molecule has 2 aromatic carbocycles. The molecule has 0 saturated heterocycles. The van der Waals surface area contributed by atoms with Gasteiger partial charge in [0.1, 0.15) is 11.0 Å². The molecule has 0 aliphatic rings. The van der Waals surface area contributed by atoms with Crippen LogP contribution in [0.3, 0.4) is 0 Å². The molecule has 29 heavy (non-hydrogen) atoms. The summed E-state index contributed by atoms with van der Waals surface area (Å²) in [5, 5.41) is 3.01. The number of carbonyl (C=O) groups excluding carboxylic acids is 2. The van der Waals surface area contributed by atoms with Crippen LogP contribution in [-0.2, 0) is 25.6 Å². The second kappa shape index (κ2) is 9.08. The quantitative estimate of drug-likeness (QED) is 0.706. The molecule has 0 aromatic heterocycles. The summed E-state index contributed by atoms with van der Waals surface area (Å²) in [6.07, 6.45) is -4.75. The van der Waals surface area contributed by atoms with E-state index in [1.54, 1.807) is 30.3 Å². The van der Waals surface area contributed by atoms with Crippen LogP contribution in [0.15, 0.2) is 54.6 Å². The topological polar surface area (TPSA) is 92.3 Å². The fourth-order valence-corrected chi connectivity index (χ4v) is 4.13. The van der Waals surface area contributed by atoms with Crippen LogP contribution >= 0.6 is 0 Å². The zero-order chi connectivity index (χ0) is 21.7. The van der Waals surface area contributed by atoms with Crippen molar-refractivity contribution in [3.63, 3.8) is 0 Å². The lowest BCUT2D eigenvalue weighted by molar-refractivity contribution is -0.137. The highest BCUT2D eigenvalue weighted by atomic mass is 32.2. The Morgan fingerprint density at radius 2 is 1.59 bits per heavy atom. The number of benzene rings is 2. The van der Waals surface area contributed by atoms with Gasteiger partial charge in [-0.1, -0.05) is 31.2 Å². The van der Waals surface area contributed by atoms with Gasteiger partial charge in [-0.15, -0.1) is 0 Å². The maximum absolute atomic E-state index is 12.8. The third kappa shape index (κ3) is 6.31. The highest BCUT2D eigenvalue weighted by molar-refractivity contribution is 7.93.